The Balaban J connectivity index is 2.48. The highest BCUT2D eigenvalue weighted by molar-refractivity contribution is 7.85. The second-order valence-corrected chi connectivity index (χ2v) is 9.70. The first-order valence-corrected chi connectivity index (χ1v) is 12.9. The molecule has 0 radical (unpaired) electrons. The minimum absolute atomic E-state index is 0.271. The molecule has 0 amide bonds. The van der Waals surface area contributed by atoms with E-state index in [1.54, 1.807) is 0 Å². The van der Waals surface area contributed by atoms with Crippen LogP contribution in [0.4, 0.5) is 0 Å². The molecule has 0 fully saturated rings. The maximum Gasteiger partial charge on any atom is 0.266 e. The zero-order valence-electron chi connectivity index (χ0n) is 18.5. The molecule has 29 heavy (non-hydrogen) atoms. The average Bonchev–Trinajstić information content (AvgIpc) is 2.65. The summed E-state index contributed by atoms with van der Waals surface area (Å²) in [6.07, 6.45) is 13.2. The first kappa shape index (κ1) is 25.7. The van der Waals surface area contributed by atoms with E-state index in [1.807, 2.05) is 37.3 Å². The summed E-state index contributed by atoms with van der Waals surface area (Å²) < 4.78 is 32.7. The Morgan fingerprint density at radius 3 is 1.97 bits per heavy atom. The van der Waals surface area contributed by atoms with Gasteiger partial charge in [-0.15, -0.1) is 0 Å². The lowest BCUT2D eigenvalue weighted by molar-refractivity contribution is 0.259. The van der Waals surface area contributed by atoms with Gasteiger partial charge in [-0.05, 0) is 25.3 Å². The molecule has 1 aromatic rings. The largest absolute Gasteiger partial charge is 0.371 e. The molecule has 4 nitrogen and oxygen atoms in total. The summed E-state index contributed by atoms with van der Waals surface area (Å²) in [5.74, 6) is -0.271. The molecule has 0 aliphatic carbocycles. The van der Waals surface area contributed by atoms with Gasteiger partial charge in [0.1, 0.15) is 0 Å². The molecule has 0 aromatic heterocycles. The number of rotatable bonds is 17. The van der Waals surface area contributed by atoms with Crippen LogP contribution >= 0.6 is 0 Å². The molecule has 5 heteroatoms. The van der Waals surface area contributed by atoms with E-state index in [0.29, 0.717) is 6.42 Å². The van der Waals surface area contributed by atoms with Crippen LogP contribution in [0.25, 0.3) is 0 Å². The molecule has 0 saturated carbocycles. The van der Waals surface area contributed by atoms with Crippen molar-refractivity contribution in [2.24, 2.45) is 0 Å². The lowest BCUT2D eigenvalue weighted by Gasteiger charge is -2.33. The highest BCUT2D eigenvalue weighted by atomic mass is 32.2. The van der Waals surface area contributed by atoms with Crippen LogP contribution < -0.4 is 0 Å². The van der Waals surface area contributed by atoms with Gasteiger partial charge < -0.3 is 4.90 Å². The summed E-state index contributed by atoms with van der Waals surface area (Å²) in [4.78, 5) is 2.06. The average molecular weight is 424 g/mol. The molecule has 0 aliphatic rings. The maximum absolute atomic E-state index is 11.6. The molecule has 1 N–H and O–H groups in total. The van der Waals surface area contributed by atoms with E-state index in [-0.39, 0.29) is 11.8 Å². The predicted molar refractivity (Wildman–Crippen MR) is 124 cm³/mol. The molecule has 0 bridgehead atoms. The zero-order valence-corrected chi connectivity index (χ0v) is 19.3. The zero-order chi connectivity index (χ0) is 21.5. The third-order valence-electron chi connectivity index (χ3n) is 5.40. The fourth-order valence-corrected chi connectivity index (χ4v) is 4.63. The van der Waals surface area contributed by atoms with Crippen LogP contribution in [-0.2, 0) is 16.5 Å². The normalized spacial score (nSPS) is 12.7. The second kappa shape index (κ2) is 14.6. The second-order valence-electron chi connectivity index (χ2n) is 8.20. The van der Waals surface area contributed by atoms with Crippen molar-refractivity contribution in [1.29, 1.82) is 0 Å². The van der Waals surface area contributed by atoms with Crippen molar-refractivity contribution in [3.05, 3.63) is 48.2 Å². The number of hydrogen-bond acceptors (Lipinski definition) is 3. The van der Waals surface area contributed by atoms with E-state index in [1.165, 1.54) is 51.4 Å². The third-order valence-corrected chi connectivity index (χ3v) is 6.21. The van der Waals surface area contributed by atoms with Crippen LogP contribution in [0.15, 0.2) is 42.6 Å². The number of unbranched alkanes of at least 4 members (excludes halogenated alkanes) is 9. The van der Waals surface area contributed by atoms with Crippen molar-refractivity contribution in [2.75, 3.05) is 12.3 Å². The van der Waals surface area contributed by atoms with Gasteiger partial charge in [0, 0.05) is 18.3 Å². The van der Waals surface area contributed by atoms with Gasteiger partial charge in [0.2, 0.25) is 0 Å². The van der Waals surface area contributed by atoms with Crippen molar-refractivity contribution in [2.45, 2.75) is 90.5 Å². The van der Waals surface area contributed by atoms with Gasteiger partial charge in [0.05, 0.1) is 5.75 Å². The lowest BCUT2D eigenvalue weighted by atomic mass is 10.0. The molecule has 1 rings (SSSR count). The molecule has 0 aliphatic heterocycles. The van der Waals surface area contributed by atoms with Crippen LogP contribution in [0.2, 0.25) is 0 Å². The third kappa shape index (κ3) is 12.8. The fraction of sp³-hybridized carbons (Fsp3) is 0.667. The highest BCUT2D eigenvalue weighted by Gasteiger charge is 2.24. The Bertz CT molecular complexity index is 658. The fourth-order valence-electron chi connectivity index (χ4n) is 3.84. The Kier molecular flexibility index (Phi) is 13.0. The van der Waals surface area contributed by atoms with Crippen LogP contribution in [0.3, 0.4) is 0 Å². The monoisotopic (exact) mass is 423 g/mol. The minimum Gasteiger partial charge on any atom is -0.371 e. The predicted octanol–water partition coefficient (Wildman–Crippen LogP) is 6.24. The van der Waals surface area contributed by atoms with Crippen molar-refractivity contribution in [3.8, 4) is 0 Å². The van der Waals surface area contributed by atoms with E-state index in [2.05, 4.69) is 18.4 Å². The number of benzene rings is 1. The first-order valence-electron chi connectivity index (χ1n) is 11.2. The van der Waals surface area contributed by atoms with Crippen molar-refractivity contribution in [3.63, 3.8) is 0 Å². The van der Waals surface area contributed by atoms with Gasteiger partial charge in [-0.25, -0.2) is 0 Å². The van der Waals surface area contributed by atoms with E-state index in [9.17, 15) is 13.0 Å². The molecular weight excluding hydrogens is 382 g/mol. The van der Waals surface area contributed by atoms with Gasteiger partial charge in [-0.3, -0.25) is 4.55 Å². The number of hydrogen-bond donors (Lipinski definition) is 1. The summed E-state index contributed by atoms with van der Waals surface area (Å²) in [5, 5.41) is 0. The Hall–Kier alpha value is -1.33. The SMILES string of the molecule is C=C(C)N(CCCCCCCCCCCC)C(Cc1ccccc1)CS(=O)(=O)O. The van der Waals surface area contributed by atoms with Crippen molar-refractivity contribution in [1.82, 2.24) is 4.90 Å². The van der Waals surface area contributed by atoms with Gasteiger partial charge in [0.25, 0.3) is 10.1 Å². The van der Waals surface area contributed by atoms with E-state index >= 15 is 0 Å². The lowest BCUT2D eigenvalue weighted by Crippen LogP contribution is -2.41. The van der Waals surface area contributed by atoms with E-state index in [4.69, 9.17) is 0 Å². The Morgan fingerprint density at radius 1 is 0.966 bits per heavy atom. The molecule has 1 aromatic carbocycles. The maximum atomic E-state index is 11.6. The molecular formula is C24H41NO3S. The summed E-state index contributed by atoms with van der Waals surface area (Å²) >= 11 is 0. The number of allylic oxidation sites excluding steroid dienone is 1. The summed E-state index contributed by atoms with van der Waals surface area (Å²) in [5.41, 5.74) is 1.92. The van der Waals surface area contributed by atoms with Gasteiger partial charge in [-0.1, -0.05) is 102 Å². The molecule has 0 spiro atoms. The van der Waals surface area contributed by atoms with Gasteiger partial charge in [-0.2, -0.15) is 8.42 Å². The van der Waals surface area contributed by atoms with Crippen LogP contribution in [0.5, 0.6) is 0 Å². The number of nitrogens with zero attached hydrogens (tertiary/aromatic N) is 1. The highest BCUT2D eigenvalue weighted by Crippen LogP contribution is 2.18. The smallest absolute Gasteiger partial charge is 0.266 e. The first-order chi connectivity index (χ1) is 13.8. The van der Waals surface area contributed by atoms with Crippen LogP contribution in [-0.4, -0.2) is 36.2 Å². The van der Waals surface area contributed by atoms with Crippen molar-refractivity contribution >= 4 is 10.1 Å². The van der Waals surface area contributed by atoms with Crippen LogP contribution in [0, 0.1) is 0 Å². The summed E-state index contributed by atoms with van der Waals surface area (Å²) in [7, 11) is -4.06. The quantitative estimate of drug-likeness (QED) is 0.238. The van der Waals surface area contributed by atoms with Crippen molar-refractivity contribution < 1.29 is 13.0 Å². The van der Waals surface area contributed by atoms with Gasteiger partial charge in [0.15, 0.2) is 0 Å². The minimum atomic E-state index is -4.06. The topological polar surface area (TPSA) is 57.6 Å². The summed E-state index contributed by atoms with van der Waals surface area (Å²) in [6.45, 7) is 9.00. The van der Waals surface area contributed by atoms with Crippen LogP contribution in [0.1, 0.15) is 83.6 Å². The molecule has 1 unspecified atom stereocenters. The van der Waals surface area contributed by atoms with E-state index in [0.717, 1.165) is 30.6 Å². The molecule has 166 valence electrons. The molecule has 0 saturated heterocycles. The van der Waals surface area contributed by atoms with E-state index < -0.39 is 10.1 Å². The Morgan fingerprint density at radius 2 is 1.48 bits per heavy atom. The Labute approximate surface area is 179 Å². The van der Waals surface area contributed by atoms with Gasteiger partial charge >= 0.3 is 0 Å². The summed E-state index contributed by atoms with van der Waals surface area (Å²) in [6, 6.07) is 9.54. The standard InChI is InChI=1S/C24H41NO3S/c1-4-5-6-7-8-9-10-11-12-16-19-25(22(2)3)24(21-29(26,27)28)20-23-17-14-13-15-18-23/h13-15,17-18,24H,2,4-12,16,19-21H2,1,3H3,(H,26,27,28). The molecule has 1 atom stereocenters. The molecule has 0 heterocycles.